The Hall–Kier alpha value is -3.56. The molecule has 12 N–H and O–H groups in total. The molecule has 1 rings (SSSR count). The van der Waals surface area contributed by atoms with Gasteiger partial charge in [-0.2, -0.15) is 0 Å². The number of nitrogens with one attached hydrogen (secondary N) is 4. The second kappa shape index (κ2) is 15.4. The number of aromatic amines is 1. The van der Waals surface area contributed by atoms with Crippen LogP contribution in [0.15, 0.2) is 12.5 Å². The summed E-state index contributed by atoms with van der Waals surface area (Å²) < 4.78 is 0. The first-order valence-corrected chi connectivity index (χ1v) is 11.0. The molecular formula is C20H34N8O7. The van der Waals surface area contributed by atoms with Gasteiger partial charge in [0.15, 0.2) is 0 Å². The first-order chi connectivity index (χ1) is 16.6. The van der Waals surface area contributed by atoms with E-state index < -0.39 is 60.4 Å². The van der Waals surface area contributed by atoms with Crippen LogP contribution in [-0.2, 0) is 30.4 Å². The number of rotatable bonds is 17. The van der Waals surface area contributed by atoms with Crippen LogP contribution in [0.2, 0.25) is 0 Å². The van der Waals surface area contributed by atoms with Gasteiger partial charge < -0.3 is 48.3 Å². The number of amides is 4. The molecule has 0 aliphatic rings. The molecule has 15 nitrogen and oxygen atoms in total. The number of aliphatic hydroxyl groups is 1. The van der Waals surface area contributed by atoms with Crippen LogP contribution in [0.1, 0.15) is 37.8 Å². The van der Waals surface area contributed by atoms with Crippen molar-refractivity contribution in [3.05, 3.63) is 18.2 Å². The monoisotopic (exact) mass is 498 g/mol. The predicted octanol–water partition coefficient (Wildman–Crippen LogP) is -3.79. The highest BCUT2D eigenvalue weighted by Gasteiger charge is 2.30. The number of carbonyl (C=O) groups is 5. The largest absolute Gasteiger partial charge is 0.480 e. The standard InChI is InChI=1S/C20H34N8O7/c21-6-2-1-3-14(20(34)35)27-19(33)15(9-29)28-18(32)13(4-5-16(23)30)26-17(31)12(22)7-11-8-24-10-25-11/h8,10,12-15,29H,1-7,9,21-22H2,(H2,23,30)(H,24,25)(H,26,31)(H,27,33)(H,28,32)(H,34,35). The SMILES string of the molecule is NCCCCC(NC(=O)C(CO)NC(=O)C(CCC(N)=O)NC(=O)C(N)Cc1cnc[nH]1)C(=O)O. The molecule has 0 aliphatic heterocycles. The average Bonchev–Trinajstić information content (AvgIpc) is 3.31. The maximum absolute atomic E-state index is 12.8. The zero-order valence-electron chi connectivity index (χ0n) is 19.2. The van der Waals surface area contributed by atoms with Crippen LogP contribution in [0.25, 0.3) is 0 Å². The number of primary amides is 1. The van der Waals surface area contributed by atoms with Crippen molar-refractivity contribution < 1.29 is 34.2 Å². The van der Waals surface area contributed by atoms with Crippen molar-refractivity contribution in [3.63, 3.8) is 0 Å². The highest BCUT2D eigenvalue weighted by Crippen LogP contribution is 2.04. The first-order valence-electron chi connectivity index (χ1n) is 11.0. The van der Waals surface area contributed by atoms with E-state index in [2.05, 4.69) is 25.9 Å². The lowest BCUT2D eigenvalue weighted by Gasteiger charge is -2.24. The number of aliphatic hydroxyl groups excluding tert-OH is 1. The molecule has 0 spiro atoms. The molecule has 196 valence electrons. The zero-order valence-corrected chi connectivity index (χ0v) is 19.2. The normalized spacial score (nSPS) is 14.3. The summed E-state index contributed by atoms with van der Waals surface area (Å²) in [5, 5.41) is 25.8. The first kappa shape index (κ1) is 29.5. The fourth-order valence-electron chi connectivity index (χ4n) is 3.05. The number of carboxylic acid groups (broad SMARTS) is 1. The van der Waals surface area contributed by atoms with E-state index in [9.17, 15) is 34.2 Å². The van der Waals surface area contributed by atoms with E-state index >= 15 is 0 Å². The van der Waals surface area contributed by atoms with Gasteiger partial charge >= 0.3 is 5.97 Å². The van der Waals surface area contributed by atoms with Crippen molar-refractivity contribution in [3.8, 4) is 0 Å². The molecule has 0 bridgehead atoms. The number of aliphatic carboxylic acids is 1. The van der Waals surface area contributed by atoms with Crippen LogP contribution >= 0.6 is 0 Å². The lowest BCUT2D eigenvalue weighted by molar-refractivity contribution is -0.142. The van der Waals surface area contributed by atoms with Crippen LogP contribution < -0.4 is 33.2 Å². The molecule has 1 aromatic rings. The van der Waals surface area contributed by atoms with E-state index in [0.717, 1.165) is 0 Å². The second-order valence-electron chi connectivity index (χ2n) is 7.88. The zero-order chi connectivity index (χ0) is 26.4. The summed E-state index contributed by atoms with van der Waals surface area (Å²) in [6.07, 6.45) is 3.65. The minimum Gasteiger partial charge on any atom is -0.480 e. The molecule has 35 heavy (non-hydrogen) atoms. The van der Waals surface area contributed by atoms with Crippen molar-refractivity contribution in [1.29, 1.82) is 0 Å². The van der Waals surface area contributed by atoms with Gasteiger partial charge in [-0.3, -0.25) is 19.2 Å². The summed E-state index contributed by atoms with van der Waals surface area (Å²) in [7, 11) is 0. The number of hydrogen-bond donors (Lipinski definition) is 9. The van der Waals surface area contributed by atoms with Crippen molar-refractivity contribution in [2.45, 2.75) is 62.7 Å². The van der Waals surface area contributed by atoms with E-state index in [-0.39, 0.29) is 25.7 Å². The minimum atomic E-state index is -1.51. The molecule has 0 fully saturated rings. The maximum Gasteiger partial charge on any atom is 0.326 e. The van der Waals surface area contributed by atoms with Crippen LogP contribution in [-0.4, -0.2) is 87.1 Å². The fraction of sp³-hybridized carbons (Fsp3) is 0.600. The molecule has 0 saturated heterocycles. The topological polar surface area (TPSA) is 269 Å². The summed E-state index contributed by atoms with van der Waals surface area (Å²) in [6, 6.07) is -5.11. The fourth-order valence-corrected chi connectivity index (χ4v) is 3.05. The Balaban J connectivity index is 2.82. The minimum absolute atomic E-state index is 0.0956. The van der Waals surface area contributed by atoms with Gasteiger partial charge in [-0.15, -0.1) is 0 Å². The number of aromatic nitrogens is 2. The Morgan fingerprint density at radius 2 is 1.60 bits per heavy atom. The summed E-state index contributed by atoms with van der Waals surface area (Å²) in [5.41, 5.74) is 17.0. The van der Waals surface area contributed by atoms with Crippen molar-refractivity contribution in [2.75, 3.05) is 13.2 Å². The van der Waals surface area contributed by atoms with Gasteiger partial charge in [0, 0.05) is 24.7 Å². The van der Waals surface area contributed by atoms with Gasteiger partial charge in [-0.25, -0.2) is 9.78 Å². The number of nitrogens with two attached hydrogens (primary N) is 3. The number of carboxylic acids is 1. The molecule has 0 saturated carbocycles. The summed E-state index contributed by atoms with van der Waals surface area (Å²) in [6.45, 7) is -0.484. The van der Waals surface area contributed by atoms with Gasteiger partial charge in [0.1, 0.15) is 18.1 Å². The Labute approximate surface area is 201 Å². The van der Waals surface area contributed by atoms with E-state index in [0.29, 0.717) is 25.1 Å². The smallest absolute Gasteiger partial charge is 0.326 e. The van der Waals surface area contributed by atoms with Crippen LogP contribution in [0, 0.1) is 0 Å². The molecule has 0 aliphatic carbocycles. The van der Waals surface area contributed by atoms with Crippen molar-refractivity contribution in [1.82, 2.24) is 25.9 Å². The third kappa shape index (κ3) is 10.9. The third-order valence-corrected chi connectivity index (χ3v) is 5.02. The molecular weight excluding hydrogens is 464 g/mol. The average molecular weight is 499 g/mol. The van der Waals surface area contributed by atoms with E-state index in [4.69, 9.17) is 17.2 Å². The number of hydrogen-bond acceptors (Lipinski definition) is 9. The second-order valence-corrected chi connectivity index (χ2v) is 7.88. The maximum atomic E-state index is 12.8. The molecule has 4 amide bonds. The highest BCUT2D eigenvalue weighted by molar-refractivity contribution is 5.94. The van der Waals surface area contributed by atoms with E-state index in [1.807, 2.05) is 0 Å². The van der Waals surface area contributed by atoms with Gasteiger partial charge in [-0.1, -0.05) is 0 Å². The van der Waals surface area contributed by atoms with Crippen LogP contribution in [0.4, 0.5) is 0 Å². The molecule has 0 aromatic carbocycles. The lowest BCUT2D eigenvalue weighted by Crippen LogP contribution is -2.58. The summed E-state index contributed by atoms with van der Waals surface area (Å²) in [4.78, 5) is 67.0. The highest BCUT2D eigenvalue weighted by atomic mass is 16.4. The number of nitrogens with zero attached hydrogens (tertiary/aromatic N) is 1. The Morgan fingerprint density at radius 1 is 0.971 bits per heavy atom. The molecule has 1 heterocycles. The Morgan fingerprint density at radius 3 is 2.14 bits per heavy atom. The number of H-pyrrole nitrogens is 1. The molecule has 0 radical (unpaired) electrons. The molecule has 15 heteroatoms. The van der Waals surface area contributed by atoms with Crippen LogP contribution in [0.3, 0.4) is 0 Å². The van der Waals surface area contributed by atoms with Gasteiger partial charge in [0.25, 0.3) is 0 Å². The van der Waals surface area contributed by atoms with E-state index in [1.165, 1.54) is 12.5 Å². The summed E-state index contributed by atoms with van der Waals surface area (Å²) >= 11 is 0. The van der Waals surface area contributed by atoms with Crippen LogP contribution in [0.5, 0.6) is 0 Å². The number of imidazole rings is 1. The summed E-state index contributed by atoms with van der Waals surface area (Å²) in [5.74, 6) is -4.54. The third-order valence-electron chi connectivity index (χ3n) is 5.02. The van der Waals surface area contributed by atoms with Gasteiger partial charge in [-0.05, 0) is 32.2 Å². The number of carbonyl (C=O) groups excluding carboxylic acids is 4. The predicted molar refractivity (Wildman–Crippen MR) is 122 cm³/mol. The number of unbranched alkanes of at least 4 members (excludes halogenated alkanes) is 1. The lowest BCUT2D eigenvalue weighted by atomic mass is 10.1. The molecule has 4 unspecified atom stereocenters. The molecule has 1 aromatic heterocycles. The van der Waals surface area contributed by atoms with Gasteiger partial charge in [0.05, 0.1) is 19.0 Å². The van der Waals surface area contributed by atoms with Crippen molar-refractivity contribution in [2.24, 2.45) is 17.2 Å². The Bertz CT molecular complexity index is 849. The Kier molecular flexibility index (Phi) is 12.9. The van der Waals surface area contributed by atoms with E-state index in [1.54, 1.807) is 0 Å². The quantitative estimate of drug-likeness (QED) is 0.0945. The molecule has 4 atom stereocenters. The van der Waals surface area contributed by atoms with Gasteiger partial charge in [0.2, 0.25) is 23.6 Å². The van der Waals surface area contributed by atoms with Crippen molar-refractivity contribution >= 4 is 29.6 Å².